The van der Waals surface area contributed by atoms with Crippen LogP contribution in [0.15, 0.2) is 192 Å². The Morgan fingerprint density at radius 1 is 0.345 bits per heavy atom. The third kappa shape index (κ3) is 5.32. The summed E-state index contributed by atoms with van der Waals surface area (Å²) >= 11 is 1.85. The quantitative estimate of drug-likeness (QED) is 0.164. The number of pyridine rings is 1. The molecule has 12 aromatic rings. The lowest BCUT2D eigenvalue weighted by molar-refractivity contribution is 0.669. The van der Waals surface area contributed by atoms with E-state index in [2.05, 4.69) is 152 Å². The van der Waals surface area contributed by atoms with Crippen molar-refractivity contribution in [3.63, 3.8) is 0 Å². The molecule has 4 nitrogen and oxygen atoms in total. The van der Waals surface area contributed by atoms with Crippen molar-refractivity contribution >= 4 is 75.1 Å². The highest BCUT2D eigenvalue weighted by Crippen LogP contribution is 2.44. The van der Waals surface area contributed by atoms with Gasteiger partial charge in [0.25, 0.3) is 0 Å². The van der Waals surface area contributed by atoms with Gasteiger partial charge >= 0.3 is 0 Å². The molecule has 4 heterocycles. The molecular weight excluding hydrogens is 727 g/mol. The minimum atomic E-state index is 0.682. The molecule has 0 unspecified atom stereocenters. The van der Waals surface area contributed by atoms with Gasteiger partial charge in [0, 0.05) is 69.4 Å². The average Bonchev–Trinajstić information content (AvgIpc) is 3.87. The molecule has 5 heteroatoms. The molecule has 0 atom stereocenters. The van der Waals surface area contributed by atoms with Crippen molar-refractivity contribution < 1.29 is 4.42 Å². The Kier molecular flexibility index (Phi) is 7.37. The van der Waals surface area contributed by atoms with Gasteiger partial charge in [-0.2, -0.15) is 0 Å². The normalized spacial score (nSPS) is 11.8. The van der Waals surface area contributed by atoms with E-state index in [9.17, 15) is 0 Å². The summed E-state index contributed by atoms with van der Waals surface area (Å²) in [5, 5.41) is 8.36. The molecule has 0 saturated heterocycles. The van der Waals surface area contributed by atoms with Gasteiger partial charge in [0.2, 0.25) is 0 Å². The highest BCUT2D eigenvalue weighted by Gasteiger charge is 2.18. The van der Waals surface area contributed by atoms with Crippen molar-refractivity contribution in [1.82, 2.24) is 15.0 Å². The summed E-state index contributed by atoms with van der Waals surface area (Å²) in [6.45, 7) is 0. The number of fused-ring (bicyclic) bond motifs is 10. The number of furan rings is 1. The maximum atomic E-state index is 6.26. The van der Waals surface area contributed by atoms with Crippen LogP contribution in [0.4, 0.5) is 0 Å². The van der Waals surface area contributed by atoms with Crippen LogP contribution in [0.5, 0.6) is 0 Å². The van der Waals surface area contributed by atoms with Gasteiger partial charge in [-0.25, -0.2) is 15.0 Å². The van der Waals surface area contributed by atoms with Gasteiger partial charge in [0.05, 0.1) is 22.6 Å². The zero-order valence-electron chi connectivity index (χ0n) is 31.1. The molecule has 8 aromatic carbocycles. The SMILES string of the molecule is c1ccc(-c2nc(-c3ccc(-c4ccc5sc6ccc7c(-c8ccccc8)nc8ccccc8c7c6c5c4)cc3)cc(-c3ccc4c(c3)oc3ccccc34)n2)cc1. The van der Waals surface area contributed by atoms with Gasteiger partial charge in [0.1, 0.15) is 11.2 Å². The number of nitrogens with zero attached hydrogens (tertiary/aromatic N) is 3. The van der Waals surface area contributed by atoms with Gasteiger partial charge in [-0.3, -0.25) is 0 Å². The largest absolute Gasteiger partial charge is 0.456 e. The molecule has 0 bridgehead atoms. The topological polar surface area (TPSA) is 51.8 Å². The fourth-order valence-corrected chi connectivity index (χ4v) is 9.58. The summed E-state index contributed by atoms with van der Waals surface area (Å²) in [5.74, 6) is 0.682. The number of hydrogen-bond donors (Lipinski definition) is 0. The van der Waals surface area contributed by atoms with Crippen LogP contribution in [0.25, 0.3) is 120 Å². The number of hydrogen-bond acceptors (Lipinski definition) is 5. The fourth-order valence-electron chi connectivity index (χ4n) is 8.48. The first kappa shape index (κ1) is 32.7. The van der Waals surface area contributed by atoms with Gasteiger partial charge < -0.3 is 4.42 Å². The Balaban J connectivity index is 0.977. The molecular formula is C53H31N3OS. The summed E-state index contributed by atoms with van der Waals surface area (Å²) in [6, 6.07) is 66.1. The minimum absolute atomic E-state index is 0.682. The zero-order valence-corrected chi connectivity index (χ0v) is 31.9. The number of thiophene rings is 1. The zero-order chi connectivity index (χ0) is 38.2. The maximum Gasteiger partial charge on any atom is 0.160 e. The minimum Gasteiger partial charge on any atom is -0.456 e. The second-order valence-corrected chi connectivity index (χ2v) is 15.8. The van der Waals surface area contributed by atoms with Crippen molar-refractivity contribution in [3.8, 4) is 56.3 Å². The van der Waals surface area contributed by atoms with Crippen LogP contribution in [0, 0.1) is 0 Å². The van der Waals surface area contributed by atoms with Gasteiger partial charge in [-0.05, 0) is 59.7 Å². The Morgan fingerprint density at radius 2 is 0.966 bits per heavy atom. The Morgan fingerprint density at radius 3 is 1.79 bits per heavy atom. The average molecular weight is 758 g/mol. The smallest absolute Gasteiger partial charge is 0.160 e. The molecule has 0 aliphatic rings. The van der Waals surface area contributed by atoms with Crippen LogP contribution in [0.3, 0.4) is 0 Å². The molecule has 0 N–H and O–H groups in total. The first-order chi connectivity index (χ1) is 28.7. The molecule has 58 heavy (non-hydrogen) atoms. The van der Waals surface area contributed by atoms with E-state index >= 15 is 0 Å². The third-order valence-corrected chi connectivity index (χ3v) is 12.4. The first-order valence-electron chi connectivity index (χ1n) is 19.4. The third-order valence-electron chi connectivity index (χ3n) is 11.3. The van der Waals surface area contributed by atoms with Crippen LogP contribution in [0.1, 0.15) is 0 Å². The first-order valence-corrected chi connectivity index (χ1v) is 20.2. The predicted octanol–water partition coefficient (Wildman–Crippen LogP) is 14.8. The molecule has 270 valence electrons. The molecule has 0 fully saturated rings. The van der Waals surface area contributed by atoms with Crippen LogP contribution in [-0.2, 0) is 0 Å². The van der Waals surface area contributed by atoms with Gasteiger partial charge in [-0.15, -0.1) is 11.3 Å². The molecule has 12 rings (SSSR count). The van der Waals surface area contributed by atoms with Crippen LogP contribution >= 0.6 is 11.3 Å². The lowest BCUT2D eigenvalue weighted by atomic mass is 9.95. The predicted molar refractivity (Wildman–Crippen MR) is 242 cm³/mol. The summed E-state index contributed by atoms with van der Waals surface area (Å²) in [4.78, 5) is 15.4. The van der Waals surface area contributed by atoms with Crippen molar-refractivity contribution in [2.45, 2.75) is 0 Å². The maximum absolute atomic E-state index is 6.26. The van der Waals surface area contributed by atoms with Crippen LogP contribution in [0.2, 0.25) is 0 Å². The van der Waals surface area contributed by atoms with E-state index in [1.807, 2.05) is 47.7 Å². The molecule has 0 spiro atoms. The second-order valence-electron chi connectivity index (χ2n) is 14.7. The van der Waals surface area contributed by atoms with E-state index in [0.717, 1.165) is 72.4 Å². The standard InChI is InChI=1S/C53H31N3OS/c1-3-11-34(12-4-1)52-41-26-28-49-51(50(41)40-16-7-9-17-43(40)54-52)42-29-36(24-27-48(42)58-49)32-19-21-33(22-20-32)44-31-45(56-53(55-44)35-13-5-2-6-14-35)37-23-25-39-38-15-8-10-18-46(38)57-47(39)30-37/h1-31H. The van der Waals surface area contributed by atoms with E-state index in [0.29, 0.717) is 5.82 Å². The molecule has 0 saturated carbocycles. The van der Waals surface area contributed by atoms with E-state index < -0.39 is 0 Å². The Labute approximate surface area is 337 Å². The van der Waals surface area contributed by atoms with Crippen molar-refractivity contribution in [1.29, 1.82) is 0 Å². The van der Waals surface area contributed by atoms with E-state index in [-0.39, 0.29) is 0 Å². The molecule has 0 amide bonds. The van der Waals surface area contributed by atoms with E-state index in [4.69, 9.17) is 19.4 Å². The van der Waals surface area contributed by atoms with E-state index in [1.165, 1.54) is 41.9 Å². The number of rotatable bonds is 5. The van der Waals surface area contributed by atoms with Crippen molar-refractivity contribution in [3.05, 3.63) is 188 Å². The summed E-state index contributed by atoms with van der Waals surface area (Å²) in [5.41, 5.74) is 11.9. The van der Waals surface area contributed by atoms with Crippen molar-refractivity contribution in [2.24, 2.45) is 0 Å². The Hall–Kier alpha value is -7.47. The van der Waals surface area contributed by atoms with Crippen LogP contribution in [-0.4, -0.2) is 15.0 Å². The lowest BCUT2D eigenvalue weighted by Gasteiger charge is -2.12. The van der Waals surface area contributed by atoms with Gasteiger partial charge in [-0.1, -0.05) is 140 Å². The monoisotopic (exact) mass is 757 g/mol. The number of para-hydroxylation sites is 2. The lowest BCUT2D eigenvalue weighted by Crippen LogP contribution is -1.96. The molecule has 0 aliphatic carbocycles. The van der Waals surface area contributed by atoms with Crippen molar-refractivity contribution in [2.75, 3.05) is 0 Å². The highest BCUT2D eigenvalue weighted by atomic mass is 32.1. The number of benzene rings is 8. The molecule has 0 radical (unpaired) electrons. The number of aromatic nitrogens is 3. The molecule has 0 aliphatic heterocycles. The van der Waals surface area contributed by atoms with E-state index in [1.54, 1.807) is 0 Å². The Bertz CT molecular complexity index is 3550. The highest BCUT2D eigenvalue weighted by molar-refractivity contribution is 7.26. The second kappa shape index (κ2) is 13.1. The fraction of sp³-hybridized carbons (Fsp3) is 0. The summed E-state index contributed by atoms with van der Waals surface area (Å²) in [7, 11) is 0. The van der Waals surface area contributed by atoms with Gasteiger partial charge in [0.15, 0.2) is 5.82 Å². The molecule has 4 aromatic heterocycles. The summed E-state index contributed by atoms with van der Waals surface area (Å²) < 4.78 is 8.81. The summed E-state index contributed by atoms with van der Waals surface area (Å²) in [6.07, 6.45) is 0. The van der Waals surface area contributed by atoms with Crippen LogP contribution < -0.4 is 0 Å².